The molecular formula is C20H21ClN4O5S2. The van der Waals surface area contributed by atoms with Crippen LogP contribution in [0.5, 0.6) is 0 Å². The van der Waals surface area contributed by atoms with E-state index in [4.69, 9.17) is 16.3 Å². The van der Waals surface area contributed by atoms with Crippen LogP contribution in [0.4, 0.5) is 21.3 Å². The van der Waals surface area contributed by atoms with Crippen LogP contribution in [-0.4, -0.2) is 38.1 Å². The Hall–Kier alpha value is -3.15. The highest BCUT2D eigenvalue weighted by atomic mass is 35.5. The Morgan fingerprint density at radius 2 is 2.03 bits per heavy atom. The Bertz CT molecular complexity index is 1240. The van der Waals surface area contributed by atoms with Crippen molar-refractivity contribution in [1.82, 2.24) is 4.98 Å². The monoisotopic (exact) mass is 496 g/mol. The molecule has 2 aromatic carbocycles. The van der Waals surface area contributed by atoms with E-state index < -0.39 is 22.2 Å². The first-order chi connectivity index (χ1) is 15.3. The zero-order chi connectivity index (χ0) is 22.7. The molecule has 32 heavy (non-hydrogen) atoms. The maximum atomic E-state index is 12.7. The van der Waals surface area contributed by atoms with Crippen molar-refractivity contribution < 1.29 is 25.6 Å². The van der Waals surface area contributed by atoms with Crippen molar-refractivity contribution in [3.8, 4) is 0 Å². The van der Waals surface area contributed by atoms with Gasteiger partial charge in [0.05, 0.1) is 4.90 Å². The summed E-state index contributed by atoms with van der Waals surface area (Å²) in [7, 11) is -3.79. The second kappa shape index (κ2) is 9.15. The normalized spacial score (nSPS) is 16.1. The van der Waals surface area contributed by atoms with Crippen molar-refractivity contribution in [3.05, 3.63) is 65.1 Å². The fourth-order valence-corrected chi connectivity index (χ4v) is 5.09. The number of sulfonamides is 1. The van der Waals surface area contributed by atoms with Crippen LogP contribution in [0.25, 0.3) is 0 Å². The van der Waals surface area contributed by atoms with Gasteiger partial charge in [-0.3, -0.25) is 14.8 Å². The molecule has 4 rings (SSSR count). The Labute approximate surface area is 196 Å². The van der Waals surface area contributed by atoms with E-state index >= 15 is 0 Å². The number of amides is 2. The minimum absolute atomic E-state index is 0. The Balaban J connectivity index is 0.00000204. The molecule has 0 saturated carbocycles. The quantitative estimate of drug-likeness (QED) is 0.520. The van der Waals surface area contributed by atoms with Gasteiger partial charge >= 0.3 is 6.09 Å². The summed E-state index contributed by atoms with van der Waals surface area (Å²) in [4.78, 5) is 30.2. The maximum absolute atomic E-state index is 12.7. The number of anilines is 3. The van der Waals surface area contributed by atoms with Crippen molar-refractivity contribution in [3.63, 3.8) is 0 Å². The molecule has 0 aliphatic carbocycles. The van der Waals surface area contributed by atoms with E-state index in [0.717, 1.165) is 0 Å². The first kappa shape index (κ1) is 22.1. The van der Waals surface area contributed by atoms with E-state index in [9.17, 15) is 18.0 Å². The SMILES string of the molecule is O=C(Nc1cccc(Cl)c1)O[C@H]1CCN(c2ccc(S(=O)(=O)Nc3nccs3)cc2)C1=O.[HH].[HH]. The lowest BCUT2D eigenvalue weighted by molar-refractivity contribution is -0.124. The second-order valence-electron chi connectivity index (χ2n) is 6.74. The van der Waals surface area contributed by atoms with Crippen LogP contribution in [0, 0.1) is 0 Å². The molecule has 0 bridgehead atoms. The summed E-state index contributed by atoms with van der Waals surface area (Å²) < 4.78 is 32.5. The van der Waals surface area contributed by atoms with Gasteiger partial charge in [-0.05, 0) is 42.5 Å². The fraction of sp³-hybridized carbons (Fsp3) is 0.150. The number of halogens is 1. The molecule has 12 heteroatoms. The summed E-state index contributed by atoms with van der Waals surface area (Å²) in [6.45, 7) is 0.331. The number of rotatable bonds is 6. The van der Waals surface area contributed by atoms with Gasteiger partial charge in [0.15, 0.2) is 11.2 Å². The third-order valence-electron chi connectivity index (χ3n) is 4.59. The number of aromatic nitrogens is 1. The van der Waals surface area contributed by atoms with Gasteiger partial charge in [0.2, 0.25) is 0 Å². The lowest BCUT2D eigenvalue weighted by Crippen LogP contribution is -2.33. The van der Waals surface area contributed by atoms with E-state index in [1.54, 1.807) is 29.6 Å². The Morgan fingerprint density at radius 3 is 2.72 bits per heavy atom. The van der Waals surface area contributed by atoms with Crippen LogP contribution >= 0.6 is 22.9 Å². The average molecular weight is 497 g/mol. The minimum Gasteiger partial charge on any atom is -0.436 e. The number of carbonyl (C=O) groups excluding carboxylic acids is 2. The highest BCUT2D eigenvalue weighted by molar-refractivity contribution is 7.93. The summed E-state index contributed by atoms with van der Waals surface area (Å²) in [5.74, 6) is -0.386. The van der Waals surface area contributed by atoms with Gasteiger partial charge in [0.1, 0.15) is 0 Å². The standard InChI is InChI=1S/C20H17ClN4O5S2.2H2/c21-13-2-1-3-14(12-13)23-20(27)30-17-8-10-25(18(17)26)15-4-6-16(7-5-15)32(28,29)24-19-22-9-11-31-19;;/h1-7,9,11-12,17H,8,10H2,(H,22,24)(H,23,27);2*1H/t17-;;/m0../s1. The maximum Gasteiger partial charge on any atom is 0.412 e. The predicted molar refractivity (Wildman–Crippen MR) is 126 cm³/mol. The number of benzene rings is 2. The third-order valence-corrected chi connectivity index (χ3v) is 7.00. The Morgan fingerprint density at radius 1 is 1.25 bits per heavy atom. The smallest absolute Gasteiger partial charge is 0.412 e. The van der Waals surface area contributed by atoms with Gasteiger partial charge in [-0.15, -0.1) is 11.3 Å². The van der Waals surface area contributed by atoms with Crippen molar-refractivity contribution >= 4 is 61.5 Å². The molecule has 1 atom stereocenters. The molecule has 2 amide bonds. The molecule has 1 aromatic heterocycles. The summed E-state index contributed by atoms with van der Waals surface area (Å²) >= 11 is 7.05. The highest BCUT2D eigenvalue weighted by Crippen LogP contribution is 2.26. The van der Waals surface area contributed by atoms with Crippen LogP contribution in [0.2, 0.25) is 5.02 Å². The lowest BCUT2D eigenvalue weighted by Gasteiger charge is -2.17. The van der Waals surface area contributed by atoms with E-state index in [1.165, 1.54) is 46.7 Å². The van der Waals surface area contributed by atoms with E-state index in [-0.39, 0.29) is 18.8 Å². The van der Waals surface area contributed by atoms with Crippen LogP contribution in [0.3, 0.4) is 0 Å². The largest absolute Gasteiger partial charge is 0.436 e. The van der Waals surface area contributed by atoms with Crippen molar-refractivity contribution in [2.75, 3.05) is 21.5 Å². The van der Waals surface area contributed by atoms with Gasteiger partial charge in [-0.1, -0.05) is 17.7 Å². The van der Waals surface area contributed by atoms with E-state index in [2.05, 4.69) is 15.0 Å². The summed E-state index contributed by atoms with van der Waals surface area (Å²) in [6.07, 6.45) is 0.109. The molecule has 1 fully saturated rings. The summed E-state index contributed by atoms with van der Waals surface area (Å²) in [5.41, 5.74) is 0.956. The van der Waals surface area contributed by atoms with E-state index in [0.29, 0.717) is 29.4 Å². The lowest BCUT2D eigenvalue weighted by atomic mass is 10.3. The van der Waals surface area contributed by atoms with Gasteiger partial charge in [-0.2, -0.15) is 0 Å². The van der Waals surface area contributed by atoms with Crippen molar-refractivity contribution in [2.24, 2.45) is 0 Å². The molecule has 3 aromatic rings. The number of hydrogen-bond acceptors (Lipinski definition) is 7. The predicted octanol–water partition coefficient (Wildman–Crippen LogP) is 4.44. The molecule has 0 unspecified atom stereocenters. The van der Waals surface area contributed by atoms with Crippen LogP contribution < -0.4 is 14.9 Å². The van der Waals surface area contributed by atoms with E-state index in [1.807, 2.05) is 0 Å². The number of carbonyl (C=O) groups is 2. The number of thiazole rings is 1. The van der Waals surface area contributed by atoms with Gasteiger partial charge < -0.3 is 9.64 Å². The molecule has 1 aliphatic heterocycles. The average Bonchev–Trinajstić information content (AvgIpc) is 3.38. The molecular weight excluding hydrogens is 476 g/mol. The highest BCUT2D eigenvalue weighted by Gasteiger charge is 2.35. The van der Waals surface area contributed by atoms with Crippen LogP contribution in [0.15, 0.2) is 65.0 Å². The minimum atomic E-state index is -3.79. The van der Waals surface area contributed by atoms with Gasteiger partial charge in [0.25, 0.3) is 15.9 Å². The zero-order valence-corrected chi connectivity index (χ0v) is 18.8. The number of hydrogen-bond donors (Lipinski definition) is 2. The number of nitrogens with one attached hydrogen (secondary N) is 2. The molecule has 2 N–H and O–H groups in total. The second-order valence-corrected chi connectivity index (χ2v) is 9.76. The molecule has 1 saturated heterocycles. The molecule has 9 nitrogen and oxygen atoms in total. The number of nitrogens with zero attached hydrogens (tertiary/aromatic N) is 2. The first-order valence-electron chi connectivity index (χ1n) is 9.39. The number of ether oxygens (including phenoxy) is 1. The summed E-state index contributed by atoms with van der Waals surface area (Å²) in [6, 6.07) is 12.4. The van der Waals surface area contributed by atoms with Gasteiger partial charge in [0, 0.05) is 43.8 Å². The summed E-state index contributed by atoms with van der Waals surface area (Å²) in [5, 5.41) is 4.91. The van der Waals surface area contributed by atoms with Crippen LogP contribution in [0.1, 0.15) is 9.27 Å². The van der Waals surface area contributed by atoms with Gasteiger partial charge in [-0.25, -0.2) is 18.2 Å². The first-order valence-corrected chi connectivity index (χ1v) is 12.1. The molecule has 1 aliphatic rings. The zero-order valence-electron chi connectivity index (χ0n) is 16.4. The van der Waals surface area contributed by atoms with Crippen molar-refractivity contribution in [2.45, 2.75) is 17.4 Å². The molecule has 0 radical (unpaired) electrons. The topological polar surface area (TPSA) is 118 Å². The Kier molecular flexibility index (Phi) is 6.31. The van der Waals surface area contributed by atoms with Crippen LogP contribution in [-0.2, 0) is 19.6 Å². The third kappa shape index (κ3) is 5.01. The molecule has 0 spiro atoms. The molecule has 170 valence electrons. The van der Waals surface area contributed by atoms with Crippen molar-refractivity contribution in [1.29, 1.82) is 0 Å². The molecule has 2 heterocycles. The fourth-order valence-electron chi connectivity index (χ4n) is 3.12.